The molecule has 2 aliphatic carbocycles. The monoisotopic (exact) mass is 831 g/mol. The van der Waals surface area contributed by atoms with Gasteiger partial charge in [-0.25, -0.2) is 15.0 Å². The standard InChI is InChI=1S/C61H41N3O/c1-61(2)53-20-8-6-15-46(53)52-36-43(32-33-54(52)61)40-24-22-39(23-25-40)42-30-31-44-34-45-14-10-18-49(56(45)51(44)35-42)59-62-58(41-28-26-38(27-29-41)37-12-4-3-5-13-37)63-60(64-59)50-19-11-17-48-47-16-7-9-21-55(47)65-57(48)50/h3-33,35-36H,34H2,1-2H3. The molecule has 9 aromatic carbocycles. The Hall–Kier alpha value is -8.21. The molecule has 0 spiro atoms. The molecule has 0 N–H and O–H groups in total. The molecule has 2 aliphatic rings. The van der Waals surface area contributed by atoms with E-state index in [1.807, 2.05) is 24.3 Å². The third-order valence-electron chi connectivity index (χ3n) is 13.8. The molecule has 0 radical (unpaired) electrons. The molecule has 0 fully saturated rings. The Morgan fingerprint density at radius 3 is 1.71 bits per heavy atom. The van der Waals surface area contributed by atoms with E-state index in [9.17, 15) is 0 Å². The lowest BCUT2D eigenvalue weighted by atomic mass is 9.82. The normalized spacial score (nSPS) is 13.1. The van der Waals surface area contributed by atoms with Gasteiger partial charge in [0.15, 0.2) is 17.5 Å². The van der Waals surface area contributed by atoms with Crippen LogP contribution in [0, 0.1) is 0 Å². The van der Waals surface area contributed by atoms with Gasteiger partial charge >= 0.3 is 0 Å². The molecule has 0 saturated heterocycles. The van der Waals surface area contributed by atoms with Crippen molar-refractivity contribution in [3.63, 3.8) is 0 Å². The first kappa shape index (κ1) is 37.4. The lowest BCUT2D eigenvalue weighted by Gasteiger charge is -2.21. The molecule has 11 aromatic rings. The number of benzene rings is 9. The SMILES string of the molecule is CC1(C)c2ccccc2-c2cc(-c3ccc(-c4ccc5c(c4)-c4c(cccc4-c4nc(-c6ccc(-c7ccccc7)cc6)nc(-c6cccc7c6oc6ccccc67)n4)C5)cc3)ccc21. The van der Waals surface area contributed by atoms with Gasteiger partial charge in [-0.2, -0.15) is 0 Å². The first-order valence-corrected chi connectivity index (χ1v) is 22.4. The minimum atomic E-state index is -0.00628. The van der Waals surface area contributed by atoms with E-state index >= 15 is 0 Å². The molecule has 13 rings (SSSR count). The number of rotatable bonds is 6. The van der Waals surface area contributed by atoms with Crippen LogP contribution in [-0.2, 0) is 11.8 Å². The summed E-state index contributed by atoms with van der Waals surface area (Å²) in [5.74, 6) is 1.81. The van der Waals surface area contributed by atoms with Crippen LogP contribution in [-0.4, -0.2) is 15.0 Å². The van der Waals surface area contributed by atoms with Gasteiger partial charge in [0.2, 0.25) is 0 Å². The predicted octanol–water partition coefficient (Wildman–Crippen LogP) is 15.7. The molecule has 0 saturated carbocycles. The van der Waals surface area contributed by atoms with Gasteiger partial charge in [-0.15, -0.1) is 0 Å². The van der Waals surface area contributed by atoms with Crippen molar-refractivity contribution in [2.75, 3.05) is 0 Å². The summed E-state index contributed by atoms with van der Waals surface area (Å²) in [5.41, 5.74) is 21.8. The van der Waals surface area contributed by atoms with E-state index in [1.54, 1.807) is 0 Å². The van der Waals surface area contributed by atoms with Crippen LogP contribution >= 0.6 is 0 Å². The van der Waals surface area contributed by atoms with Crippen LogP contribution in [0.15, 0.2) is 205 Å². The molecule has 306 valence electrons. The maximum Gasteiger partial charge on any atom is 0.167 e. The predicted molar refractivity (Wildman–Crippen MR) is 266 cm³/mol. The number of fused-ring (bicyclic) bond motifs is 9. The van der Waals surface area contributed by atoms with Crippen LogP contribution in [0.3, 0.4) is 0 Å². The average Bonchev–Trinajstić information content (AvgIpc) is 4.01. The zero-order valence-corrected chi connectivity index (χ0v) is 36.0. The Morgan fingerprint density at radius 2 is 0.908 bits per heavy atom. The lowest BCUT2D eigenvalue weighted by Crippen LogP contribution is -2.14. The van der Waals surface area contributed by atoms with E-state index in [2.05, 4.69) is 190 Å². The van der Waals surface area contributed by atoms with Gasteiger partial charge in [-0.3, -0.25) is 0 Å². The first-order chi connectivity index (χ1) is 31.9. The van der Waals surface area contributed by atoms with Crippen molar-refractivity contribution in [3.8, 4) is 89.8 Å². The number of para-hydroxylation sites is 2. The second-order valence-corrected chi connectivity index (χ2v) is 17.9. The molecule has 4 heteroatoms. The Morgan fingerprint density at radius 1 is 0.369 bits per heavy atom. The number of furan rings is 1. The van der Waals surface area contributed by atoms with Gasteiger partial charge in [-0.05, 0) is 109 Å². The average molecular weight is 832 g/mol. The minimum Gasteiger partial charge on any atom is -0.455 e. The van der Waals surface area contributed by atoms with Crippen LogP contribution in [0.5, 0.6) is 0 Å². The van der Waals surface area contributed by atoms with Gasteiger partial charge in [0.1, 0.15) is 11.2 Å². The molecular weight excluding hydrogens is 791 g/mol. The van der Waals surface area contributed by atoms with Crippen LogP contribution < -0.4 is 0 Å². The molecule has 2 aromatic heterocycles. The zero-order valence-electron chi connectivity index (χ0n) is 36.0. The zero-order chi connectivity index (χ0) is 43.2. The Labute approximate surface area is 377 Å². The second-order valence-electron chi connectivity index (χ2n) is 17.9. The maximum absolute atomic E-state index is 6.54. The fourth-order valence-electron chi connectivity index (χ4n) is 10.5. The molecular formula is C61H41N3O. The highest BCUT2D eigenvalue weighted by atomic mass is 16.3. The Kier molecular flexibility index (Phi) is 8.28. The topological polar surface area (TPSA) is 51.8 Å². The van der Waals surface area contributed by atoms with E-state index in [4.69, 9.17) is 19.4 Å². The van der Waals surface area contributed by atoms with Crippen molar-refractivity contribution in [1.82, 2.24) is 15.0 Å². The smallest absolute Gasteiger partial charge is 0.167 e. The lowest BCUT2D eigenvalue weighted by molar-refractivity contribution is 0.660. The highest BCUT2D eigenvalue weighted by Gasteiger charge is 2.35. The molecule has 0 amide bonds. The van der Waals surface area contributed by atoms with E-state index in [0.29, 0.717) is 17.5 Å². The first-order valence-electron chi connectivity index (χ1n) is 22.4. The van der Waals surface area contributed by atoms with Crippen molar-refractivity contribution < 1.29 is 4.42 Å². The van der Waals surface area contributed by atoms with Gasteiger partial charge in [-0.1, -0.05) is 190 Å². The van der Waals surface area contributed by atoms with Crippen molar-refractivity contribution in [2.45, 2.75) is 25.7 Å². The van der Waals surface area contributed by atoms with Crippen LogP contribution in [0.2, 0.25) is 0 Å². The Balaban J connectivity index is 0.904. The summed E-state index contributed by atoms with van der Waals surface area (Å²) in [5, 5.41) is 2.10. The fraction of sp³-hybridized carbons (Fsp3) is 0.0656. The van der Waals surface area contributed by atoms with Gasteiger partial charge < -0.3 is 4.42 Å². The summed E-state index contributed by atoms with van der Waals surface area (Å²) in [6.07, 6.45) is 0.847. The molecule has 2 heterocycles. The highest BCUT2D eigenvalue weighted by Crippen LogP contribution is 2.50. The summed E-state index contributed by atoms with van der Waals surface area (Å²) in [4.78, 5) is 15.8. The quantitative estimate of drug-likeness (QED) is 0.167. The van der Waals surface area contributed by atoms with E-state index in [1.165, 1.54) is 66.8 Å². The third-order valence-corrected chi connectivity index (χ3v) is 13.8. The summed E-state index contributed by atoms with van der Waals surface area (Å²) < 4.78 is 6.54. The van der Waals surface area contributed by atoms with Crippen LogP contribution in [0.1, 0.15) is 36.1 Å². The van der Waals surface area contributed by atoms with Crippen molar-refractivity contribution in [1.29, 1.82) is 0 Å². The van der Waals surface area contributed by atoms with Gasteiger partial charge in [0.25, 0.3) is 0 Å². The molecule has 4 nitrogen and oxygen atoms in total. The Bertz CT molecular complexity index is 3690. The summed E-state index contributed by atoms with van der Waals surface area (Å²) in [6.45, 7) is 4.66. The number of nitrogens with zero attached hydrogens (tertiary/aromatic N) is 3. The van der Waals surface area contributed by atoms with Crippen LogP contribution in [0.4, 0.5) is 0 Å². The van der Waals surface area contributed by atoms with E-state index < -0.39 is 0 Å². The second kappa shape index (κ2) is 14.4. The molecule has 65 heavy (non-hydrogen) atoms. The number of hydrogen-bond donors (Lipinski definition) is 0. The number of hydrogen-bond acceptors (Lipinski definition) is 4. The molecule has 0 bridgehead atoms. The largest absolute Gasteiger partial charge is 0.455 e. The van der Waals surface area contributed by atoms with Gasteiger partial charge in [0, 0.05) is 27.3 Å². The molecule has 0 unspecified atom stereocenters. The maximum atomic E-state index is 6.54. The third kappa shape index (κ3) is 6.02. The van der Waals surface area contributed by atoms with Gasteiger partial charge in [0.05, 0.1) is 5.56 Å². The van der Waals surface area contributed by atoms with Crippen LogP contribution in [0.25, 0.3) is 112 Å². The summed E-state index contributed by atoms with van der Waals surface area (Å²) in [6, 6.07) is 71.7. The molecule has 0 aliphatic heterocycles. The van der Waals surface area contributed by atoms with Crippen molar-refractivity contribution in [2.24, 2.45) is 0 Å². The highest BCUT2D eigenvalue weighted by molar-refractivity contribution is 6.09. The summed E-state index contributed by atoms with van der Waals surface area (Å²) in [7, 11) is 0. The van der Waals surface area contributed by atoms with E-state index in [0.717, 1.165) is 56.2 Å². The minimum absolute atomic E-state index is 0.00628. The number of aromatic nitrogens is 3. The molecule has 0 atom stereocenters. The van der Waals surface area contributed by atoms with E-state index in [-0.39, 0.29) is 5.41 Å². The van der Waals surface area contributed by atoms with Crippen molar-refractivity contribution in [3.05, 3.63) is 222 Å². The summed E-state index contributed by atoms with van der Waals surface area (Å²) >= 11 is 0. The van der Waals surface area contributed by atoms with Crippen molar-refractivity contribution >= 4 is 21.9 Å². The fourth-order valence-corrected chi connectivity index (χ4v) is 10.5.